The molecule has 0 bridgehead atoms. The molecule has 0 heterocycles. The summed E-state index contributed by atoms with van der Waals surface area (Å²) in [5, 5.41) is 7.42. The van der Waals surface area contributed by atoms with Gasteiger partial charge in [-0.25, -0.2) is 0 Å². The Morgan fingerprint density at radius 1 is 1.52 bits per heavy atom. The molecule has 0 aromatic heterocycles. The van der Waals surface area contributed by atoms with Gasteiger partial charge in [0.05, 0.1) is 7.11 Å². The fourth-order valence-electron chi connectivity index (χ4n) is 2.70. The molecule has 2 rings (SSSR count). The van der Waals surface area contributed by atoms with Crippen LogP contribution in [-0.4, -0.2) is 31.7 Å². The molecule has 0 fully saturated rings. The van der Waals surface area contributed by atoms with Crippen molar-refractivity contribution in [3.8, 4) is 0 Å². The molecule has 0 radical (unpaired) electrons. The van der Waals surface area contributed by atoms with E-state index in [-0.39, 0.29) is 5.97 Å². The topological polar surface area (TPSA) is 87.1 Å². The van der Waals surface area contributed by atoms with Crippen LogP contribution in [0.4, 0.5) is 0 Å². The first-order chi connectivity index (χ1) is 10.1. The molecule has 21 heavy (non-hydrogen) atoms. The molecule has 6 nitrogen and oxygen atoms in total. The van der Waals surface area contributed by atoms with Gasteiger partial charge in [0.25, 0.3) is 0 Å². The summed E-state index contributed by atoms with van der Waals surface area (Å²) >= 11 is 6.01. The van der Waals surface area contributed by atoms with E-state index >= 15 is 0 Å². The van der Waals surface area contributed by atoms with Gasteiger partial charge in [0.15, 0.2) is 0 Å². The lowest BCUT2D eigenvalue weighted by Crippen LogP contribution is -2.54. The normalized spacial score (nSPS) is 19.7. The van der Waals surface area contributed by atoms with Gasteiger partial charge in [-0.3, -0.25) is 4.79 Å². The fourth-order valence-corrected chi connectivity index (χ4v) is 2.90. The second-order valence-corrected chi connectivity index (χ2v) is 5.51. The molecule has 1 N–H and O–H groups in total. The summed E-state index contributed by atoms with van der Waals surface area (Å²) in [6.45, 7) is 0.982. The van der Waals surface area contributed by atoms with Crippen molar-refractivity contribution in [1.29, 1.82) is 0 Å². The second kappa shape index (κ2) is 6.80. The van der Waals surface area contributed by atoms with Crippen molar-refractivity contribution in [2.24, 2.45) is 5.11 Å². The number of azide groups is 1. The van der Waals surface area contributed by atoms with E-state index in [2.05, 4.69) is 15.3 Å². The Morgan fingerprint density at radius 2 is 2.29 bits per heavy atom. The predicted octanol–water partition coefficient (Wildman–Crippen LogP) is 2.64. The number of rotatable bonds is 6. The molecule has 1 aromatic rings. The van der Waals surface area contributed by atoms with Crippen LogP contribution in [0.2, 0.25) is 5.02 Å². The average molecular weight is 309 g/mol. The van der Waals surface area contributed by atoms with Crippen LogP contribution >= 0.6 is 11.6 Å². The van der Waals surface area contributed by atoms with Gasteiger partial charge in [-0.1, -0.05) is 22.8 Å². The molecule has 7 heteroatoms. The highest BCUT2D eigenvalue weighted by molar-refractivity contribution is 6.30. The lowest BCUT2D eigenvalue weighted by Gasteiger charge is -2.27. The number of fused-ring (bicyclic) bond motifs is 1. The van der Waals surface area contributed by atoms with Crippen LogP contribution in [0.15, 0.2) is 23.3 Å². The summed E-state index contributed by atoms with van der Waals surface area (Å²) in [4.78, 5) is 14.9. The van der Waals surface area contributed by atoms with Crippen LogP contribution in [0.3, 0.4) is 0 Å². The van der Waals surface area contributed by atoms with E-state index in [9.17, 15) is 4.79 Å². The summed E-state index contributed by atoms with van der Waals surface area (Å²) in [6, 6.07) is 5.67. The van der Waals surface area contributed by atoms with E-state index in [4.69, 9.17) is 21.9 Å². The minimum atomic E-state index is -0.752. The van der Waals surface area contributed by atoms with Gasteiger partial charge in [-0.05, 0) is 41.8 Å². The van der Waals surface area contributed by atoms with E-state index in [0.717, 1.165) is 11.1 Å². The summed E-state index contributed by atoms with van der Waals surface area (Å²) in [7, 11) is 1.39. The Morgan fingerprint density at radius 3 is 3.00 bits per heavy atom. The van der Waals surface area contributed by atoms with Crippen molar-refractivity contribution in [2.75, 3.05) is 20.2 Å². The standard InChI is InChI=1S/C14H17ClN4O2/c1-21-13(20)14(17-5-2-6-18-19-16)8-10-3-4-12(15)7-11(10)9-14/h3-4,7,17H,2,5-6,8-9H2,1H3. The van der Waals surface area contributed by atoms with Gasteiger partial charge in [-0.2, -0.15) is 0 Å². The molecule has 112 valence electrons. The van der Waals surface area contributed by atoms with Crippen molar-refractivity contribution in [2.45, 2.75) is 24.8 Å². The van der Waals surface area contributed by atoms with Gasteiger partial charge in [-0.15, -0.1) is 0 Å². The smallest absolute Gasteiger partial charge is 0.326 e. The van der Waals surface area contributed by atoms with Crippen molar-refractivity contribution in [3.05, 3.63) is 44.8 Å². The molecule has 0 saturated carbocycles. The predicted molar refractivity (Wildman–Crippen MR) is 80.2 cm³/mol. The Kier molecular flexibility index (Phi) is 5.07. The van der Waals surface area contributed by atoms with Crippen LogP contribution in [0.25, 0.3) is 10.4 Å². The first kappa shape index (κ1) is 15.6. The Hall–Kier alpha value is -1.75. The Bertz CT molecular complexity index is 586. The molecule has 1 aliphatic rings. The highest BCUT2D eigenvalue weighted by atomic mass is 35.5. The SMILES string of the molecule is COC(=O)C1(NCCCN=[N+]=[N-])Cc2ccc(Cl)cc2C1. The maximum Gasteiger partial charge on any atom is 0.326 e. The number of nitrogens with zero attached hydrogens (tertiary/aromatic N) is 3. The molecular formula is C14H17ClN4O2. The lowest BCUT2D eigenvalue weighted by atomic mass is 9.95. The number of esters is 1. The zero-order valence-corrected chi connectivity index (χ0v) is 12.6. The van der Waals surface area contributed by atoms with Crippen molar-refractivity contribution in [3.63, 3.8) is 0 Å². The van der Waals surface area contributed by atoms with Gasteiger partial charge >= 0.3 is 5.97 Å². The molecule has 1 atom stereocenters. The molecule has 1 unspecified atom stereocenters. The van der Waals surface area contributed by atoms with Gasteiger partial charge in [0.1, 0.15) is 5.54 Å². The maximum atomic E-state index is 12.2. The molecule has 1 aromatic carbocycles. The van der Waals surface area contributed by atoms with Gasteiger partial charge in [0.2, 0.25) is 0 Å². The highest BCUT2D eigenvalue weighted by Gasteiger charge is 2.44. The third-order valence-corrected chi connectivity index (χ3v) is 3.93. The Balaban J connectivity index is 2.10. The van der Waals surface area contributed by atoms with Crippen LogP contribution in [0.5, 0.6) is 0 Å². The third kappa shape index (κ3) is 3.47. The minimum absolute atomic E-state index is 0.279. The summed E-state index contributed by atoms with van der Waals surface area (Å²) in [5.74, 6) is -0.279. The van der Waals surface area contributed by atoms with E-state index in [0.29, 0.717) is 37.4 Å². The molecule has 0 amide bonds. The number of hydrogen-bond acceptors (Lipinski definition) is 4. The summed E-state index contributed by atoms with van der Waals surface area (Å²) in [5.41, 5.74) is 9.67. The molecule has 1 aliphatic carbocycles. The van der Waals surface area contributed by atoms with Crippen molar-refractivity contribution in [1.82, 2.24) is 5.32 Å². The average Bonchev–Trinajstić information content (AvgIpc) is 2.85. The highest BCUT2D eigenvalue weighted by Crippen LogP contribution is 2.32. The number of benzene rings is 1. The Labute approximate surface area is 128 Å². The lowest BCUT2D eigenvalue weighted by molar-refractivity contribution is -0.148. The molecule has 0 spiro atoms. The number of hydrogen-bond donors (Lipinski definition) is 1. The third-order valence-electron chi connectivity index (χ3n) is 3.69. The van der Waals surface area contributed by atoms with E-state index in [1.54, 1.807) is 0 Å². The maximum absolute atomic E-state index is 12.2. The number of ether oxygens (including phenoxy) is 1. The first-order valence-electron chi connectivity index (χ1n) is 6.73. The minimum Gasteiger partial charge on any atom is -0.468 e. The number of halogens is 1. The van der Waals surface area contributed by atoms with Crippen LogP contribution in [0.1, 0.15) is 17.5 Å². The summed E-state index contributed by atoms with van der Waals surface area (Å²) in [6.07, 6.45) is 1.80. The molecular weight excluding hydrogens is 292 g/mol. The number of methoxy groups -OCH3 is 1. The largest absolute Gasteiger partial charge is 0.468 e. The fraction of sp³-hybridized carbons (Fsp3) is 0.500. The quantitative estimate of drug-likeness (QED) is 0.288. The summed E-state index contributed by atoms with van der Waals surface area (Å²) < 4.78 is 4.96. The van der Waals surface area contributed by atoms with Crippen molar-refractivity contribution < 1.29 is 9.53 Å². The zero-order chi connectivity index (χ0) is 15.3. The number of carbonyl (C=O) groups excluding carboxylic acids is 1. The van der Waals surface area contributed by atoms with Crippen LogP contribution in [-0.2, 0) is 22.4 Å². The van der Waals surface area contributed by atoms with Gasteiger partial charge < -0.3 is 10.1 Å². The first-order valence-corrected chi connectivity index (χ1v) is 7.11. The van der Waals surface area contributed by atoms with Gasteiger partial charge in [0, 0.05) is 29.3 Å². The van der Waals surface area contributed by atoms with Crippen LogP contribution < -0.4 is 5.32 Å². The van der Waals surface area contributed by atoms with Crippen LogP contribution in [0, 0.1) is 0 Å². The van der Waals surface area contributed by atoms with Crippen molar-refractivity contribution >= 4 is 17.6 Å². The van der Waals surface area contributed by atoms with E-state index in [1.807, 2.05) is 18.2 Å². The molecule has 0 aliphatic heterocycles. The number of carbonyl (C=O) groups is 1. The van der Waals surface area contributed by atoms with E-state index < -0.39 is 5.54 Å². The molecule has 0 saturated heterocycles. The van der Waals surface area contributed by atoms with E-state index in [1.165, 1.54) is 7.11 Å². The monoisotopic (exact) mass is 308 g/mol. The second-order valence-electron chi connectivity index (χ2n) is 5.08. The zero-order valence-electron chi connectivity index (χ0n) is 11.8. The number of nitrogens with one attached hydrogen (secondary N) is 1.